The summed E-state index contributed by atoms with van der Waals surface area (Å²) in [6, 6.07) is 4.58. The van der Waals surface area contributed by atoms with Crippen molar-refractivity contribution >= 4 is 5.91 Å². The minimum Gasteiger partial charge on any atom is -0.392 e. The van der Waals surface area contributed by atoms with Crippen molar-refractivity contribution in [3.63, 3.8) is 0 Å². The second-order valence-electron chi connectivity index (χ2n) is 4.02. The van der Waals surface area contributed by atoms with E-state index in [9.17, 15) is 18.0 Å². The number of nitrogens with zero attached hydrogens (tertiary/aromatic N) is 2. The van der Waals surface area contributed by atoms with E-state index in [2.05, 4.69) is 5.10 Å². The zero-order valence-electron chi connectivity index (χ0n) is 10.1. The van der Waals surface area contributed by atoms with Gasteiger partial charge in [0.2, 0.25) is 0 Å². The van der Waals surface area contributed by atoms with E-state index in [-0.39, 0.29) is 16.9 Å². The molecule has 1 aromatic heterocycles. The van der Waals surface area contributed by atoms with Crippen LogP contribution in [0.2, 0.25) is 0 Å². The molecule has 3 N–H and O–H groups in total. The molecule has 5 nitrogen and oxygen atoms in total. The highest BCUT2D eigenvalue weighted by molar-refractivity contribution is 5.90. The molecule has 0 aliphatic carbocycles. The summed E-state index contributed by atoms with van der Waals surface area (Å²) in [5.41, 5.74) is 3.79. The van der Waals surface area contributed by atoms with Crippen LogP contribution in [0.3, 0.4) is 0 Å². The summed E-state index contributed by atoms with van der Waals surface area (Å²) in [4.78, 5) is 10.9. The van der Waals surface area contributed by atoms with Crippen LogP contribution in [0.5, 0.6) is 0 Å². The molecule has 0 aliphatic rings. The van der Waals surface area contributed by atoms with Gasteiger partial charge in [0.05, 0.1) is 17.9 Å². The number of aromatic nitrogens is 2. The van der Waals surface area contributed by atoms with E-state index < -0.39 is 24.3 Å². The lowest BCUT2D eigenvalue weighted by atomic mass is 10.1. The van der Waals surface area contributed by atoms with Crippen LogP contribution in [0, 0.1) is 0 Å². The molecule has 0 fully saturated rings. The van der Waals surface area contributed by atoms with Crippen molar-refractivity contribution < 1.29 is 23.1 Å². The number of hydrogen-bond donors (Lipinski definition) is 2. The van der Waals surface area contributed by atoms with Crippen LogP contribution in [0.15, 0.2) is 30.5 Å². The number of amides is 1. The Balaban J connectivity index is 2.57. The molecule has 0 saturated carbocycles. The highest BCUT2D eigenvalue weighted by atomic mass is 19.4. The highest BCUT2D eigenvalue weighted by Crippen LogP contribution is 2.34. The second-order valence-corrected chi connectivity index (χ2v) is 4.02. The molecule has 0 unspecified atom stereocenters. The van der Waals surface area contributed by atoms with Gasteiger partial charge >= 0.3 is 6.18 Å². The van der Waals surface area contributed by atoms with Crippen LogP contribution >= 0.6 is 0 Å². The fourth-order valence-electron chi connectivity index (χ4n) is 1.70. The van der Waals surface area contributed by atoms with Gasteiger partial charge < -0.3 is 10.8 Å². The lowest BCUT2D eigenvalue weighted by Gasteiger charge is -2.14. The van der Waals surface area contributed by atoms with E-state index in [1.807, 2.05) is 0 Å². The van der Waals surface area contributed by atoms with Crippen LogP contribution in [-0.4, -0.2) is 20.8 Å². The van der Waals surface area contributed by atoms with Crippen molar-refractivity contribution in [2.45, 2.75) is 12.8 Å². The Morgan fingerprint density at radius 2 is 2.05 bits per heavy atom. The minimum atomic E-state index is -4.61. The lowest BCUT2D eigenvalue weighted by Crippen LogP contribution is -2.14. The quantitative estimate of drug-likeness (QED) is 0.896. The van der Waals surface area contributed by atoms with Gasteiger partial charge in [0, 0.05) is 6.20 Å². The molecule has 0 spiro atoms. The number of primary amides is 1. The summed E-state index contributed by atoms with van der Waals surface area (Å²) in [5.74, 6) is -0.829. The number of aliphatic hydroxyl groups is 1. The van der Waals surface area contributed by atoms with Gasteiger partial charge in [-0.1, -0.05) is 6.07 Å². The number of benzene rings is 1. The number of nitrogens with two attached hydrogens (primary N) is 1. The minimum absolute atomic E-state index is 0.128. The van der Waals surface area contributed by atoms with Crippen molar-refractivity contribution in [3.05, 3.63) is 47.3 Å². The smallest absolute Gasteiger partial charge is 0.392 e. The Bertz CT molecular complexity index is 650. The predicted molar refractivity (Wildman–Crippen MR) is 63.0 cm³/mol. The van der Waals surface area contributed by atoms with Crippen molar-refractivity contribution in [3.8, 4) is 5.69 Å². The van der Waals surface area contributed by atoms with E-state index in [4.69, 9.17) is 10.8 Å². The molecule has 8 heteroatoms. The molecule has 2 rings (SSSR count). The number of aliphatic hydroxyl groups excluding tert-OH is 1. The Morgan fingerprint density at radius 3 is 2.55 bits per heavy atom. The van der Waals surface area contributed by atoms with Crippen LogP contribution < -0.4 is 5.73 Å². The first-order valence-corrected chi connectivity index (χ1v) is 5.49. The second kappa shape index (κ2) is 4.97. The van der Waals surface area contributed by atoms with Crippen molar-refractivity contribution in [1.29, 1.82) is 0 Å². The van der Waals surface area contributed by atoms with Crippen LogP contribution in [0.1, 0.15) is 21.6 Å². The third-order valence-electron chi connectivity index (χ3n) is 2.64. The van der Waals surface area contributed by atoms with Crippen molar-refractivity contribution in [1.82, 2.24) is 9.78 Å². The Morgan fingerprint density at radius 1 is 1.35 bits per heavy atom. The number of hydrogen-bond acceptors (Lipinski definition) is 3. The topological polar surface area (TPSA) is 81.1 Å². The van der Waals surface area contributed by atoms with Crippen molar-refractivity contribution in [2.24, 2.45) is 5.73 Å². The summed E-state index contributed by atoms with van der Waals surface area (Å²) in [6.45, 7) is -0.505. The van der Waals surface area contributed by atoms with Gasteiger partial charge in [-0.15, -0.1) is 0 Å². The van der Waals surface area contributed by atoms with Gasteiger partial charge in [0.25, 0.3) is 5.91 Å². The average molecular weight is 285 g/mol. The van der Waals surface area contributed by atoms with Gasteiger partial charge in [0.15, 0.2) is 0 Å². The maximum Gasteiger partial charge on any atom is 0.418 e. The third-order valence-corrected chi connectivity index (χ3v) is 2.64. The molecule has 0 bridgehead atoms. The fourth-order valence-corrected chi connectivity index (χ4v) is 1.70. The standard InChI is InChI=1S/C12H10F3N3O2/c13-12(14,15)8-5-7(6-19)1-2-10(8)18-4-3-9(17-18)11(16)20/h1-5,19H,6H2,(H2,16,20). The Kier molecular flexibility index (Phi) is 3.49. The van der Waals surface area contributed by atoms with Gasteiger partial charge in [-0.2, -0.15) is 18.3 Å². The van der Waals surface area contributed by atoms with Crippen LogP contribution in [0.25, 0.3) is 5.69 Å². The Labute approximate surface area is 111 Å². The average Bonchev–Trinajstić information content (AvgIpc) is 2.86. The number of alkyl halides is 3. The molecule has 1 aromatic carbocycles. The maximum absolute atomic E-state index is 13.0. The molecule has 0 saturated heterocycles. The summed E-state index contributed by atoms with van der Waals surface area (Å²) in [7, 11) is 0. The van der Waals surface area contributed by atoms with E-state index in [1.165, 1.54) is 24.4 Å². The summed E-state index contributed by atoms with van der Waals surface area (Å²) < 4.78 is 39.9. The van der Waals surface area contributed by atoms with E-state index in [1.54, 1.807) is 0 Å². The van der Waals surface area contributed by atoms with Crippen molar-refractivity contribution in [2.75, 3.05) is 0 Å². The first kappa shape index (κ1) is 14.1. The molecule has 20 heavy (non-hydrogen) atoms. The molecule has 1 heterocycles. The van der Waals surface area contributed by atoms with Crippen LogP contribution in [-0.2, 0) is 12.8 Å². The zero-order valence-corrected chi connectivity index (χ0v) is 10.1. The summed E-state index contributed by atoms with van der Waals surface area (Å²) >= 11 is 0. The SMILES string of the molecule is NC(=O)c1ccn(-c2ccc(CO)cc2C(F)(F)F)n1. The molecule has 0 atom stereocenters. The number of halogens is 3. The molecule has 0 radical (unpaired) electrons. The van der Waals surface area contributed by atoms with E-state index in [0.717, 1.165) is 10.7 Å². The monoisotopic (exact) mass is 285 g/mol. The molecule has 2 aromatic rings. The molecule has 0 aliphatic heterocycles. The van der Waals surface area contributed by atoms with Gasteiger partial charge in [0.1, 0.15) is 5.69 Å². The largest absolute Gasteiger partial charge is 0.418 e. The number of rotatable bonds is 3. The van der Waals surface area contributed by atoms with E-state index >= 15 is 0 Å². The van der Waals surface area contributed by atoms with Gasteiger partial charge in [-0.3, -0.25) is 4.79 Å². The fraction of sp³-hybridized carbons (Fsp3) is 0.167. The first-order valence-electron chi connectivity index (χ1n) is 5.49. The predicted octanol–water partition coefficient (Wildman–Crippen LogP) is 1.48. The van der Waals surface area contributed by atoms with Crippen LogP contribution in [0.4, 0.5) is 13.2 Å². The van der Waals surface area contributed by atoms with Gasteiger partial charge in [-0.05, 0) is 23.8 Å². The highest BCUT2D eigenvalue weighted by Gasteiger charge is 2.34. The number of carbonyl (C=O) groups excluding carboxylic acids is 1. The van der Waals surface area contributed by atoms with E-state index in [0.29, 0.717) is 0 Å². The lowest BCUT2D eigenvalue weighted by molar-refractivity contribution is -0.137. The normalized spacial score (nSPS) is 11.6. The molecular formula is C12H10F3N3O2. The first-order chi connectivity index (χ1) is 9.32. The maximum atomic E-state index is 13.0. The molecule has 106 valence electrons. The third kappa shape index (κ3) is 2.64. The summed E-state index contributed by atoms with van der Waals surface area (Å²) in [5, 5.41) is 12.6. The summed E-state index contributed by atoms with van der Waals surface area (Å²) in [6.07, 6.45) is -3.40. The van der Waals surface area contributed by atoms with Gasteiger partial charge in [-0.25, -0.2) is 4.68 Å². The Hall–Kier alpha value is -2.35. The number of carbonyl (C=O) groups is 1. The molecular weight excluding hydrogens is 275 g/mol. The zero-order chi connectivity index (χ0) is 14.9. The molecule has 1 amide bonds.